The molecule has 1 N–H and O–H groups in total. The molecule has 1 aliphatic heterocycles. The minimum absolute atomic E-state index is 0.0629. The third-order valence-corrected chi connectivity index (χ3v) is 5.33. The summed E-state index contributed by atoms with van der Waals surface area (Å²) in [6.45, 7) is 3.99. The molecule has 0 spiro atoms. The van der Waals surface area contributed by atoms with E-state index in [9.17, 15) is 4.79 Å². The van der Waals surface area contributed by atoms with Crippen LogP contribution in [0.2, 0.25) is 0 Å². The predicted molar refractivity (Wildman–Crippen MR) is 98.5 cm³/mol. The Hall–Kier alpha value is -1.95. The number of para-hydroxylation sites is 1. The Morgan fingerprint density at radius 1 is 1.25 bits per heavy atom. The number of aryl methyl sites for hydroxylation is 1. The molecule has 1 fully saturated rings. The maximum Gasteiger partial charge on any atom is 0.229 e. The largest absolute Gasteiger partial charge is 0.371 e. The van der Waals surface area contributed by atoms with Crippen LogP contribution in [0.4, 0.5) is 10.8 Å². The van der Waals surface area contributed by atoms with Gasteiger partial charge in [-0.2, -0.15) is 0 Å². The number of carbonyl (C=O) groups excluding carboxylic acids is 1. The van der Waals surface area contributed by atoms with Crippen molar-refractivity contribution in [1.82, 2.24) is 10.2 Å². The van der Waals surface area contributed by atoms with Crippen LogP contribution in [0.1, 0.15) is 37.6 Å². The zero-order valence-electron chi connectivity index (χ0n) is 14.1. The maximum atomic E-state index is 12.4. The molecule has 128 valence electrons. The highest BCUT2D eigenvalue weighted by atomic mass is 32.1. The first-order valence-electron chi connectivity index (χ1n) is 8.69. The average molecular weight is 344 g/mol. The number of anilines is 2. The Morgan fingerprint density at radius 2 is 2.00 bits per heavy atom. The van der Waals surface area contributed by atoms with Gasteiger partial charge in [0.05, 0.1) is 0 Å². The number of hydrogen-bond acceptors (Lipinski definition) is 5. The number of amides is 1. The van der Waals surface area contributed by atoms with Crippen molar-refractivity contribution >= 4 is 28.1 Å². The number of aromatic nitrogens is 2. The van der Waals surface area contributed by atoms with Crippen LogP contribution in [-0.2, 0) is 11.2 Å². The fourth-order valence-corrected chi connectivity index (χ4v) is 3.76. The smallest absolute Gasteiger partial charge is 0.229 e. The van der Waals surface area contributed by atoms with E-state index >= 15 is 0 Å². The van der Waals surface area contributed by atoms with E-state index < -0.39 is 0 Å². The highest BCUT2D eigenvalue weighted by molar-refractivity contribution is 7.15. The molecule has 0 atom stereocenters. The summed E-state index contributed by atoms with van der Waals surface area (Å²) in [4.78, 5) is 14.8. The van der Waals surface area contributed by atoms with Crippen LogP contribution in [0, 0.1) is 5.92 Å². The van der Waals surface area contributed by atoms with Gasteiger partial charge in [0, 0.05) is 31.1 Å². The van der Waals surface area contributed by atoms with Gasteiger partial charge >= 0.3 is 0 Å². The Bertz CT molecular complexity index is 650. The molecule has 2 heterocycles. The monoisotopic (exact) mass is 344 g/mol. The average Bonchev–Trinajstić information content (AvgIpc) is 3.08. The van der Waals surface area contributed by atoms with Crippen LogP contribution in [-0.4, -0.2) is 29.2 Å². The van der Waals surface area contributed by atoms with E-state index in [2.05, 4.69) is 51.6 Å². The van der Waals surface area contributed by atoms with Crippen molar-refractivity contribution in [2.45, 2.75) is 39.0 Å². The molecular weight excluding hydrogens is 320 g/mol. The van der Waals surface area contributed by atoms with Gasteiger partial charge in [-0.15, -0.1) is 10.2 Å². The Labute approximate surface area is 147 Å². The highest BCUT2D eigenvalue weighted by Crippen LogP contribution is 2.25. The van der Waals surface area contributed by atoms with Gasteiger partial charge in [0.25, 0.3) is 0 Å². The van der Waals surface area contributed by atoms with Crippen LogP contribution < -0.4 is 10.2 Å². The Kier molecular flexibility index (Phi) is 5.80. The molecule has 0 aliphatic carbocycles. The van der Waals surface area contributed by atoms with Crippen LogP contribution in [0.5, 0.6) is 0 Å². The number of rotatable bonds is 6. The quantitative estimate of drug-likeness (QED) is 0.867. The summed E-state index contributed by atoms with van der Waals surface area (Å²) in [5, 5.41) is 12.8. The van der Waals surface area contributed by atoms with Crippen LogP contribution >= 0.6 is 11.3 Å². The fourth-order valence-electron chi connectivity index (χ4n) is 2.98. The predicted octanol–water partition coefficient (Wildman–Crippen LogP) is 3.74. The van der Waals surface area contributed by atoms with Crippen molar-refractivity contribution in [3.8, 4) is 0 Å². The van der Waals surface area contributed by atoms with Crippen molar-refractivity contribution in [2.75, 3.05) is 23.3 Å². The van der Waals surface area contributed by atoms with Crippen molar-refractivity contribution < 1.29 is 4.79 Å². The second kappa shape index (κ2) is 8.24. The number of carbonyl (C=O) groups is 1. The molecule has 3 rings (SSSR count). The van der Waals surface area contributed by atoms with E-state index in [0.29, 0.717) is 5.13 Å². The summed E-state index contributed by atoms with van der Waals surface area (Å²) in [5.74, 6) is 0.147. The molecule has 1 aromatic heterocycles. The molecule has 5 nitrogen and oxygen atoms in total. The van der Waals surface area contributed by atoms with Gasteiger partial charge in [0.1, 0.15) is 5.01 Å². The minimum Gasteiger partial charge on any atom is -0.371 e. The zero-order chi connectivity index (χ0) is 16.8. The third kappa shape index (κ3) is 4.32. The number of nitrogens with zero attached hydrogens (tertiary/aromatic N) is 3. The second-order valence-corrected chi connectivity index (χ2v) is 7.25. The first-order chi connectivity index (χ1) is 11.8. The van der Waals surface area contributed by atoms with E-state index in [1.54, 1.807) is 0 Å². The van der Waals surface area contributed by atoms with Crippen molar-refractivity contribution in [3.63, 3.8) is 0 Å². The molecule has 6 heteroatoms. The molecule has 0 radical (unpaired) electrons. The Balaban J connectivity index is 1.49. The van der Waals surface area contributed by atoms with Gasteiger partial charge in [-0.3, -0.25) is 4.79 Å². The first-order valence-corrected chi connectivity index (χ1v) is 9.51. The van der Waals surface area contributed by atoms with E-state index in [0.717, 1.165) is 50.2 Å². The molecule has 0 unspecified atom stereocenters. The summed E-state index contributed by atoms with van der Waals surface area (Å²) in [5.41, 5.74) is 1.24. The summed E-state index contributed by atoms with van der Waals surface area (Å²) >= 11 is 1.50. The molecule has 1 aliphatic rings. The third-order valence-electron chi connectivity index (χ3n) is 4.43. The zero-order valence-corrected chi connectivity index (χ0v) is 14.9. The standard InChI is InChI=1S/C18H24N4OS/c1-2-3-9-16-20-21-18(24-16)19-17(23)14-10-12-22(13-11-14)15-7-5-4-6-8-15/h4-8,14H,2-3,9-13H2,1H3,(H,19,21,23). The number of unbranched alkanes of at least 4 members (excludes halogenated alkanes) is 1. The molecule has 24 heavy (non-hydrogen) atoms. The van der Waals surface area contributed by atoms with E-state index in [4.69, 9.17) is 0 Å². The lowest BCUT2D eigenvalue weighted by atomic mass is 9.95. The van der Waals surface area contributed by atoms with Gasteiger partial charge < -0.3 is 10.2 Å². The van der Waals surface area contributed by atoms with Crippen molar-refractivity contribution in [2.24, 2.45) is 5.92 Å². The molecule has 1 aromatic carbocycles. The summed E-state index contributed by atoms with van der Waals surface area (Å²) in [6.07, 6.45) is 4.95. The SMILES string of the molecule is CCCCc1nnc(NC(=O)C2CCN(c3ccccc3)CC2)s1. The van der Waals surface area contributed by atoms with Gasteiger partial charge in [-0.1, -0.05) is 42.9 Å². The summed E-state index contributed by atoms with van der Waals surface area (Å²) in [7, 11) is 0. The van der Waals surface area contributed by atoms with Gasteiger partial charge in [-0.05, 0) is 31.4 Å². The highest BCUT2D eigenvalue weighted by Gasteiger charge is 2.25. The van der Waals surface area contributed by atoms with Crippen molar-refractivity contribution in [3.05, 3.63) is 35.3 Å². The van der Waals surface area contributed by atoms with E-state index in [-0.39, 0.29) is 11.8 Å². The topological polar surface area (TPSA) is 58.1 Å². The number of piperidine rings is 1. The summed E-state index contributed by atoms with van der Waals surface area (Å²) in [6, 6.07) is 10.4. The Morgan fingerprint density at radius 3 is 2.71 bits per heavy atom. The van der Waals surface area contributed by atoms with Crippen molar-refractivity contribution in [1.29, 1.82) is 0 Å². The number of benzene rings is 1. The molecule has 0 bridgehead atoms. The fraction of sp³-hybridized carbons (Fsp3) is 0.500. The van der Waals surface area contributed by atoms with E-state index in [1.807, 2.05) is 6.07 Å². The first kappa shape index (κ1) is 16.9. The maximum absolute atomic E-state index is 12.4. The second-order valence-electron chi connectivity index (χ2n) is 6.19. The molecule has 1 saturated heterocycles. The lowest BCUT2D eigenvalue weighted by Gasteiger charge is -2.32. The van der Waals surface area contributed by atoms with Crippen LogP contribution in [0.25, 0.3) is 0 Å². The van der Waals surface area contributed by atoms with Crippen LogP contribution in [0.3, 0.4) is 0 Å². The minimum atomic E-state index is 0.0629. The normalized spacial score (nSPS) is 15.5. The van der Waals surface area contributed by atoms with Gasteiger partial charge in [0.15, 0.2) is 0 Å². The number of hydrogen-bond donors (Lipinski definition) is 1. The molecular formula is C18H24N4OS. The lowest BCUT2D eigenvalue weighted by Crippen LogP contribution is -2.38. The molecule has 0 saturated carbocycles. The van der Waals surface area contributed by atoms with Crippen LogP contribution in [0.15, 0.2) is 30.3 Å². The van der Waals surface area contributed by atoms with Gasteiger partial charge in [-0.25, -0.2) is 0 Å². The lowest BCUT2D eigenvalue weighted by molar-refractivity contribution is -0.120. The molecule has 1 amide bonds. The number of nitrogens with one attached hydrogen (secondary N) is 1. The molecule has 2 aromatic rings. The van der Waals surface area contributed by atoms with E-state index in [1.165, 1.54) is 17.0 Å². The van der Waals surface area contributed by atoms with Gasteiger partial charge in [0.2, 0.25) is 11.0 Å². The summed E-state index contributed by atoms with van der Waals surface area (Å²) < 4.78 is 0.